The van der Waals surface area contributed by atoms with Gasteiger partial charge in [-0.2, -0.15) is 0 Å². The lowest BCUT2D eigenvalue weighted by Crippen LogP contribution is -2.84. The van der Waals surface area contributed by atoms with Crippen molar-refractivity contribution in [3.05, 3.63) is 76.8 Å². The Morgan fingerprint density at radius 3 is 2.52 bits per heavy atom. The maximum absolute atomic E-state index is 12.0. The van der Waals surface area contributed by atoms with Gasteiger partial charge in [-0.3, -0.25) is 4.79 Å². The van der Waals surface area contributed by atoms with Crippen molar-refractivity contribution in [2.45, 2.75) is 6.54 Å². The lowest BCUT2D eigenvalue weighted by molar-refractivity contribution is -0.659. The Labute approximate surface area is 143 Å². The maximum atomic E-state index is 12.0. The van der Waals surface area contributed by atoms with Crippen molar-refractivity contribution in [1.29, 1.82) is 0 Å². The molecule has 0 heterocycles. The summed E-state index contributed by atoms with van der Waals surface area (Å²) >= 11 is 3.38. The summed E-state index contributed by atoms with van der Waals surface area (Å²) in [5, 5.41) is 7.41. The Morgan fingerprint density at radius 1 is 0.957 bits per heavy atom. The van der Waals surface area contributed by atoms with Gasteiger partial charge < -0.3 is 10.6 Å². The second-order valence-electron chi connectivity index (χ2n) is 5.39. The fourth-order valence-corrected chi connectivity index (χ4v) is 2.84. The number of amides is 1. The highest BCUT2D eigenvalue weighted by Gasteiger charge is 2.06. The summed E-state index contributed by atoms with van der Waals surface area (Å²) in [5.41, 5.74) is 2.07. The highest BCUT2D eigenvalue weighted by molar-refractivity contribution is 9.10. The van der Waals surface area contributed by atoms with E-state index in [9.17, 15) is 4.79 Å². The van der Waals surface area contributed by atoms with Crippen LogP contribution in [0.25, 0.3) is 10.8 Å². The largest absolute Gasteiger partial charge is 0.335 e. The van der Waals surface area contributed by atoms with Crippen LogP contribution in [-0.2, 0) is 11.3 Å². The SMILES string of the molecule is O=C(C[NH2+]Cc1cccc2ccccc12)Nc1ccc(Br)cc1. The summed E-state index contributed by atoms with van der Waals surface area (Å²) in [4.78, 5) is 12.0. The molecule has 0 bridgehead atoms. The highest BCUT2D eigenvalue weighted by atomic mass is 79.9. The molecule has 3 aromatic rings. The van der Waals surface area contributed by atoms with Crippen molar-refractivity contribution >= 4 is 38.3 Å². The molecule has 0 aliphatic carbocycles. The quantitative estimate of drug-likeness (QED) is 0.711. The Balaban J connectivity index is 1.56. The van der Waals surface area contributed by atoms with Gasteiger partial charge in [0.15, 0.2) is 6.54 Å². The number of nitrogens with one attached hydrogen (secondary N) is 1. The van der Waals surface area contributed by atoms with Crippen LogP contribution >= 0.6 is 15.9 Å². The molecule has 3 N–H and O–H groups in total. The predicted molar refractivity (Wildman–Crippen MR) is 97.2 cm³/mol. The number of halogens is 1. The van der Waals surface area contributed by atoms with E-state index in [1.54, 1.807) is 0 Å². The zero-order valence-corrected chi connectivity index (χ0v) is 14.2. The molecule has 3 rings (SSSR count). The zero-order valence-electron chi connectivity index (χ0n) is 12.6. The molecule has 0 aliphatic heterocycles. The van der Waals surface area contributed by atoms with Gasteiger partial charge in [0, 0.05) is 15.7 Å². The average Bonchev–Trinajstić information content (AvgIpc) is 2.57. The maximum Gasteiger partial charge on any atom is 0.279 e. The predicted octanol–water partition coefficient (Wildman–Crippen LogP) is 3.30. The van der Waals surface area contributed by atoms with E-state index < -0.39 is 0 Å². The Bertz CT molecular complexity index is 810. The van der Waals surface area contributed by atoms with Crippen molar-refractivity contribution in [2.75, 3.05) is 11.9 Å². The lowest BCUT2D eigenvalue weighted by Gasteiger charge is -2.07. The van der Waals surface area contributed by atoms with Crippen LogP contribution < -0.4 is 10.6 Å². The van der Waals surface area contributed by atoms with Crippen LogP contribution in [0.1, 0.15) is 5.56 Å². The molecule has 0 aromatic heterocycles. The van der Waals surface area contributed by atoms with Crippen LogP contribution in [0, 0.1) is 0 Å². The molecule has 0 spiro atoms. The van der Waals surface area contributed by atoms with Gasteiger partial charge in [-0.1, -0.05) is 58.4 Å². The Morgan fingerprint density at radius 2 is 1.70 bits per heavy atom. The first-order valence-corrected chi connectivity index (χ1v) is 8.35. The second-order valence-corrected chi connectivity index (χ2v) is 6.31. The summed E-state index contributed by atoms with van der Waals surface area (Å²) < 4.78 is 0.998. The third-order valence-electron chi connectivity index (χ3n) is 3.70. The molecule has 0 saturated carbocycles. The highest BCUT2D eigenvalue weighted by Crippen LogP contribution is 2.17. The number of rotatable bonds is 5. The fraction of sp³-hybridized carbons (Fsp3) is 0.105. The molecule has 0 saturated heterocycles. The molecular formula is C19H18BrN2O+. The first-order valence-electron chi connectivity index (χ1n) is 7.56. The molecule has 23 heavy (non-hydrogen) atoms. The molecular weight excluding hydrogens is 352 g/mol. The molecule has 3 aromatic carbocycles. The molecule has 0 aliphatic rings. The van der Waals surface area contributed by atoms with Crippen LogP contribution in [-0.4, -0.2) is 12.5 Å². The minimum atomic E-state index is 0.00700. The summed E-state index contributed by atoms with van der Waals surface area (Å²) in [6.07, 6.45) is 0. The number of anilines is 1. The van der Waals surface area contributed by atoms with Crippen LogP contribution in [0.2, 0.25) is 0 Å². The van der Waals surface area contributed by atoms with Gasteiger partial charge in [0.2, 0.25) is 0 Å². The van der Waals surface area contributed by atoms with Gasteiger partial charge in [-0.25, -0.2) is 0 Å². The van der Waals surface area contributed by atoms with Crippen molar-refractivity contribution in [1.82, 2.24) is 0 Å². The van der Waals surface area contributed by atoms with E-state index in [2.05, 4.69) is 51.6 Å². The fourth-order valence-electron chi connectivity index (χ4n) is 2.57. The molecule has 0 atom stereocenters. The van der Waals surface area contributed by atoms with Gasteiger partial charge in [0.1, 0.15) is 6.54 Å². The van der Waals surface area contributed by atoms with E-state index in [4.69, 9.17) is 0 Å². The van der Waals surface area contributed by atoms with E-state index in [0.29, 0.717) is 6.54 Å². The van der Waals surface area contributed by atoms with Crippen molar-refractivity contribution in [3.63, 3.8) is 0 Å². The second kappa shape index (κ2) is 7.40. The van der Waals surface area contributed by atoms with Gasteiger partial charge >= 0.3 is 0 Å². The molecule has 0 radical (unpaired) electrons. The molecule has 4 heteroatoms. The number of benzene rings is 3. The molecule has 0 fully saturated rings. The summed E-state index contributed by atoms with van der Waals surface area (Å²) in [5.74, 6) is 0.00700. The smallest absolute Gasteiger partial charge is 0.279 e. The molecule has 1 amide bonds. The Kier molecular flexibility index (Phi) is 5.05. The molecule has 3 nitrogen and oxygen atoms in total. The Hall–Kier alpha value is -2.17. The number of quaternary nitrogens is 1. The first kappa shape index (κ1) is 15.7. The minimum absolute atomic E-state index is 0.00700. The zero-order chi connectivity index (χ0) is 16.1. The minimum Gasteiger partial charge on any atom is -0.335 e. The van der Waals surface area contributed by atoms with E-state index in [1.165, 1.54) is 16.3 Å². The number of carbonyl (C=O) groups is 1. The van der Waals surface area contributed by atoms with Crippen molar-refractivity contribution in [3.8, 4) is 0 Å². The molecule has 116 valence electrons. The normalized spacial score (nSPS) is 10.7. The third-order valence-corrected chi connectivity index (χ3v) is 4.23. The number of hydrogen-bond donors (Lipinski definition) is 2. The monoisotopic (exact) mass is 369 g/mol. The summed E-state index contributed by atoms with van der Waals surface area (Å²) in [6.45, 7) is 1.19. The third kappa shape index (κ3) is 4.18. The number of nitrogens with two attached hydrogens (primary N) is 1. The summed E-state index contributed by atoms with van der Waals surface area (Å²) in [7, 11) is 0. The number of fused-ring (bicyclic) bond motifs is 1. The van der Waals surface area contributed by atoms with Crippen LogP contribution in [0.3, 0.4) is 0 Å². The van der Waals surface area contributed by atoms with Gasteiger partial charge in [0.25, 0.3) is 5.91 Å². The van der Waals surface area contributed by atoms with Crippen LogP contribution in [0.5, 0.6) is 0 Å². The van der Waals surface area contributed by atoms with Crippen molar-refractivity contribution < 1.29 is 10.1 Å². The van der Waals surface area contributed by atoms with Crippen LogP contribution in [0.4, 0.5) is 5.69 Å². The first-order chi connectivity index (χ1) is 11.2. The van der Waals surface area contributed by atoms with Gasteiger partial charge in [0.05, 0.1) is 0 Å². The van der Waals surface area contributed by atoms with E-state index in [0.717, 1.165) is 16.7 Å². The number of hydrogen-bond acceptors (Lipinski definition) is 1. The van der Waals surface area contributed by atoms with Gasteiger partial charge in [-0.05, 0) is 35.0 Å². The number of carbonyl (C=O) groups excluding carboxylic acids is 1. The topological polar surface area (TPSA) is 45.7 Å². The van der Waals surface area contributed by atoms with Crippen LogP contribution in [0.15, 0.2) is 71.2 Å². The van der Waals surface area contributed by atoms with E-state index in [1.807, 2.05) is 41.7 Å². The average molecular weight is 370 g/mol. The lowest BCUT2D eigenvalue weighted by atomic mass is 10.0. The van der Waals surface area contributed by atoms with E-state index >= 15 is 0 Å². The van der Waals surface area contributed by atoms with Gasteiger partial charge in [-0.15, -0.1) is 0 Å². The van der Waals surface area contributed by atoms with E-state index in [-0.39, 0.29) is 5.91 Å². The van der Waals surface area contributed by atoms with Crippen molar-refractivity contribution in [2.24, 2.45) is 0 Å². The standard InChI is InChI=1S/C19H17BrN2O/c20-16-8-10-17(11-9-16)22-19(23)13-21-12-15-6-3-5-14-4-1-2-7-18(14)15/h1-11,21H,12-13H2,(H,22,23)/p+1. The summed E-state index contributed by atoms with van der Waals surface area (Å²) in [6, 6.07) is 22.2. The molecule has 0 unspecified atom stereocenters.